The normalized spacial score (nSPS) is 19.9. The largest absolute Gasteiger partial charge is 0.394 e. The van der Waals surface area contributed by atoms with Crippen LogP contribution in [0.2, 0.25) is 0 Å². The van der Waals surface area contributed by atoms with Crippen molar-refractivity contribution < 1.29 is 9.90 Å². The van der Waals surface area contributed by atoms with Crippen molar-refractivity contribution in [2.24, 2.45) is 10.8 Å². The molecule has 1 saturated carbocycles. The van der Waals surface area contributed by atoms with Crippen molar-refractivity contribution in [3.05, 3.63) is 0 Å². The molecule has 0 aromatic heterocycles. The Hall–Kier alpha value is -1.08. The summed E-state index contributed by atoms with van der Waals surface area (Å²) in [5, 5.41) is 21.1. The predicted octanol–water partition coefficient (Wildman–Crippen LogP) is 1.59. The molecule has 96 valence electrons. The van der Waals surface area contributed by atoms with Gasteiger partial charge in [-0.1, -0.05) is 20.8 Å². The molecule has 0 saturated heterocycles. The van der Waals surface area contributed by atoms with E-state index in [1.165, 1.54) is 0 Å². The van der Waals surface area contributed by atoms with E-state index in [-0.39, 0.29) is 24.0 Å². The summed E-state index contributed by atoms with van der Waals surface area (Å²) in [5.41, 5.74) is -0.786. The SMILES string of the molecule is CC(C)(C)CC(CO)NC(=O)C1(C#N)CCC1. The molecular weight excluding hydrogens is 216 g/mol. The molecule has 1 unspecified atom stereocenters. The fourth-order valence-electron chi connectivity index (χ4n) is 2.14. The maximum atomic E-state index is 12.0. The predicted molar refractivity (Wildman–Crippen MR) is 65.0 cm³/mol. The molecule has 4 heteroatoms. The molecule has 0 heterocycles. The van der Waals surface area contributed by atoms with Crippen molar-refractivity contribution in [1.29, 1.82) is 5.26 Å². The van der Waals surface area contributed by atoms with E-state index in [1.807, 2.05) is 0 Å². The number of nitrogens with zero attached hydrogens (tertiary/aromatic N) is 1. The number of hydrogen-bond acceptors (Lipinski definition) is 3. The van der Waals surface area contributed by atoms with E-state index in [0.29, 0.717) is 19.3 Å². The summed E-state index contributed by atoms with van der Waals surface area (Å²) in [7, 11) is 0. The van der Waals surface area contributed by atoms with Crippen LogP contribution in [-0.4, -0.2) is 23.7 Å². The van der Waals surface area contributed by atoms with Crippen LogP contribution in [-0.2, 0) is 4.79 Å². The number of carbonyl (C=O) groups excluding carboxylic acids is 1. The van der Waals surface area contributed by atoms with Crippen molar-refractivity contribution in [3.63, 3.8) is 0 Å². The number of nitriles is 1. The Bertz CT molecular complexity index is 321. The van der Waals surface area contributed by atoms with Crippen LogP contribution in [0.4, 0.5) is 0 Å². The Kier molecular flexibility index (Phi) is 4.16. The minimum atomic E-state index is -0.828. The summed E-state index contributed by atoms with van der Waals surface area (Å²) >= 11 is 0. The molecule has 0 aromatic carbocycles. The van der Waals surface area contributed by atoms with Gasteiger partial charge in [-0.25, -0.2) is 0 Å². The smallest absolute Gasteiger partial charge is 0.240 e. The second-order valence-corrected chi connectivity index (χ2v) is 6.17. The number of carbonyl (C=O) groups is 1. The second kappa shape index (κ2) is 5.05. The van der Waals surface area contributed by atoms with Gasteiger partial charge in [0.15, 0.2) is 0 Å². The van der Waals surface area contributed by atoms with Gasteiger partial charge in [0, 0.05) is 0 Å². The summed E-state index contributed by atoms with van der Waals surface area (Å²) in [4.78, 5) is 12.0. The number of aliphatic hydroxyl groups is 1. The number of hydrogen-bond donors (Lipinski definition) is 2. The third-order valence-corrected chi connectivity index (χ3v) is 3.27. The van der Waals surface area contributed by atoms with Crippen molar-refractivity contribution >= 4 is 5.91 Å². The Labute approximate surface area is 103 Å². The second-order valence-electron chi connectivity index (χ2n) is 6.17. The zero-order valence-corrected chi connectivity index (χ0v) is 10.9. The monoisotopic (exact) mass is 238 g/mol. The first-order valence-corrected chi connectivity index (χ1v) is 6.16. The summed E-state index contributed by atoms with van der Waals surface area (Å²) in [5.74, 6) is -0.213. The molecule has 0 radical (unpaired) electrons. The Morgan fingerprint density at radius 3 is 2.41 bits per heavy atom. The lowest BCUT2D eigenvalue weighted by atomic mass is 9.69. The van der Waals surface area contributed by atoms with Crippen molar-refractivity contribution in [1.82, 2.24) is 5.32 Å². The van der Waals surface area contributed by atoms with Gasteiger partial charge in [-0.15, -0.1) is 0 Å². The molecule has 2 N–H and O–H groups in total. The summed E-state index contributed by atoms with van der Waals surface area (Å²) in [6.07, 6.45) is 2.92. The molecule has 1 fully saturated rings. The van der Waals surface area contributed by atoms with Crippen LogP contribution >= 0.6 is 0 Å². The van der Waals surface area contributed by atoms with Crippen LogP contribution in [0.15, 0.2) is 0 Å². The van der Waals surface area contributed by atoms with Crippen molar-refractivity contribution in [2.45, 2.75) is 52.5 Å². The molecule has 0 spiro atoms. The van der Waals surface area contributed by atoms with Crippen LogP contribution in [0, 0.1) is 22.2 Å². The van der Waals surface area contributed by atoms with E-state index in [0.717, 1.165) is 6.42 Å². The Balaban J connectivity index is 2.57. The molecule has 0 aromatic rings. The number of rotatable bonds is 4. The van der Waals surface area contributed by atoms with Crippen molar-refractivity contribution in [2.75, 3.05) is 6.61 Å². The number of aliphatic hydroxyl groups excluding tert-OH is 1. The molecule has 17 heavy (non-hydrogen) atoms. The van der Waals surface area contributed by atoms with E-state index in [4.69, 9.17) is 5.26 Å². The maximum Gasteiger partial charge on any atom is 0.240 e. The third-order valence-electron chi connectivity index (χ3n) is 3.27. The molecule has 1 rings (SSSR count). The van der Waals surface area contributed by atoms with Gasteiger partial charge in [0.2, 0.25) is 5.91 Å². The fourth-order valence-corrected chi connectivity index (χ4v) is 2.14. The van der Waals surface area contributed by atoms with E-state index in [1.54, 1.807) is 0 Å². The Morgan fingerprint density at radius 2 is 2.12 bits per heavy atom. The molecule has 1 amide bonds. The molecular formula is C13H22N2O2. The van der Waals surface area contributed by atoms with Gasteiger partial charge in [-0.2, -0.15) is 5.26 Å². The maximum absolute atomic E-state index is 12.0. The van der Waals surface area contributed by atoms with Gasteiger partial charge in [0.05, 0.1) is 18.7 Å². The molecule has 0 bridgehead atoms. The van der Waals surface area contributed by atoms with E-state index in [9.17, 15) is 9.90 Å². The summed E-state index contributed by atoms with van der Waals surface area (Å²) < 4.78 is 0. The molecule has 1 aliphatic rings. The zero-order chi connectivity index (χ0) is 13.1. The average molecular weight is 238 g/mol. The minimum absolute atomic E-state index is 0.0418. The summed E-state index contributed by atoms with van der Waals surface area (Å²) in [6.45, 7) is 6.10. The summed E-state index contributed by atoms with van der Waals surface area (Å²) in [6, 6.07) is 1.86. The van der Waals surface area contributed by atoms with E-state index < -0.39 is 5.41 Å². The minimum Gasteiger partial charge on any atom is -0.394 e. The van der Waals surface area contributed by atoms with Crippen molar-refractivity contribution in [3.8, 4) is 6.07 Å². The van der Waals surface area contributed by atoms with Crippen LogP contribution < -0.4 is 5.32 Å². The van der Waals surface area contributed by atoms with Gasteiger partial charge < -0.3 is 10.4 Å². The molecule has 1 aliphatic carbocycles. The van der Waals surface area contributed by atoms with E-state index in [2.05, 4.69) is 32.2 Å². The van der Waals surface area contributed by atoms with Crippen LogP contribution in [0.5, 0.6) is 0 Å². The van der Waals surface area contributed by atoms with Gasteiger partial charge in [-0.05, 0) is 31.1 Å². The molecule has 1 atom stereocenters. The van der Waals surface area contributed by atoms with Gasteiger partial charge >= 0.3 is 0 Å². The lowest BCUT2D eigenvalue weighted by Gasteiger charge is -2.35. The van der Waals surface area contributed by atoms with Gasteiger partial charge in [0.25, 0.3) is 0 Å². The highest BCUT2D eigenvalue weighted by molar-refractivity contribution is 5.86. The quantitative estimate of drug-likeness (QED) is 0.781. The lowest BCUT2D eigenvalue weighted by Crippen LogP contribution is -2.50. The van der Waals surface area contributed by atoms with Crippen LogP contribution in [0.25, 0.3) is 0 Å². The molecule has 4 nitrogen and oxygen atoms in total. The lowest BCUT2D eigenvalue weighted by molar-refractivity contribution is -0.133. The average Bonchev–Trinajstić information content (AvgIpc) is 2.13. The van der Waals surface area contributed by atoms with Gasteiger partial charge in [-0.3, -0.25) is 4.79 Å². The third kappa shape index (κ3) is 3.44. The highest BCUT2D eigenvalue weighted by Crippen LogP contribution is 2.40. The first kappa shape index (κ1) is 14.0. The van der Waals surface area contributed by atoms with Gasteiger partial charge in [0.1, 0.15) is 5.41 Å². The first-order valence-electron chi connectivity index (χ1n) is 6.16. The number of amides is 1. The highest BCUT2D eigenvalue weighted by Gasteiger charge is 2.45. The van der Waals surface area contributed by atoms with E-state index >= 15 is 0 Å². The standard InChI is InChI=1S/C13H22N2O2/c1-12(2,3)7-10(8-16)15-11(17)13(9-14)5-4-6-13/h10,16H,4-8H2,1-3H3,(H,15,17). The first-order chi connectivity index (χ1) is 7.83. The molecule has 0 aliphatic heterocycles. The van der Waals surface area contributed by atoms with Crippen LogP contribution in [0.1, 0.15) is 46.5 Å². The zero-order valence-electron chi connectivity index (χ0n) is 10.9. The fraction of sp³-hybridized carbons (Fsp3) is 0.846. The Morgan fingerprint density at radius 1 is 1.53 bits per heavy atom. The number of nitrogens with one attached hydrogen (secondary N) is 1. The topological polar surface area (TPSA) is 73.1 Å². The highest BCUT2D eigenvalue weighted by atomic mass is 16.3. The van der Waals surface area contributed by atoms with Crippen LogP contribution in [0.3, 0.4) is 0 Å².